The Bertz CT molecular complexity index is 1400. The summed E-state index contributed by atoms with van der Waals surface area (Å²) in [6.07, 6.45) is 1.11. The van der Waals surface area contributed by atoms with Crippen LogP contribution in [-0.4, -0.2) is 55.4 Å². The number of anilines is 3. The molecule has 0 saturated heterocycles. The number of carbonyl (C=O) groups excluding carboxylic acids is 3. The first-order chi connectivity index (χ1) is 23.7. The number of halogens is 3. The van der Waals surface area contributed by atoms with Crippen LogP contribution in [0, 0.1) is 0 Å². The second-order valence-corrected chi connectivity index (χ2v) is 13.9. The van der Waals surface area contributed by atoms with Gasteiger partial charge in [-0.1, -0.05) is 84.9 Å². The zero-order chi connectivity index (χ0) is 37.5. The Morgan fingerprint density at radius 1 is 0.560 bits per heavy atom. The summed E-state index contributed by atoms with van der Waals surface area (Å²) in [5, 5.41) is 16.2. The Balaban J connectivity index is 0.000000375. The van der Waals surface area contributed by atoms with E-state index in [1.807, 2.05) is 72.8 Å². The van der Waals surface area contributed by atoms with Crippen molar-refractivity contribution >= 4 is 70.0 Å². The molecule has 0 bridgehead atoms. The van der Waals surface area contributed by atoms with E-state index >= 15 is 0 Å². The fraction of sp³-hybridized carbons (Fsp3) is 0.447. The molecule has 0 heterocycles. The molecule has 3 aromatic rings. The van der Waals surface area contributed by atoms with Crippen LogP contribution in [0.2, 0.25) is 0 Å². The summed E-state index contributed by atoms with van der Waals surface area (Å²) in [5.74, 6) is 2.30. The summed E-state index contributed by atoms with van der Waals surface area (Å²) in [7, 11) is 0. The fourth-order valence-electron chi connectivity index (χ4n) is 4.14. The minimum Gasteiger partial charge on any atom is -0.337 e. The molecule has 0 saturated carbocycles. The van der Waals surface area contributed by atoms with Crippen LogP contribution >= 0.6 is 34.8 Å². The maximum atomic E-state index is 11.4. The Labute approximate surface area is 314 Å². The van der Waals surface area contributed by atoms with Crippen LogP contribution < -0.4 is 31.9 Å². The van der Waals surface area contributed by atoms with Gasteiger partial charge in [0.25, 0.3) is 0 Å². The standard InChI is InChI=1S/2C13H19ClN2O.C12H17ClN2O/c1-13(2,3)10-4-6-11(7-5-10)16-12(17)15-9-8-14;1-3-10(2)11-4-6-12(7-5-11)16-13(17)15-9-8-14;1-9(2)10-3-5-11(6-4-10)15-12(16)14-8-7-13/h4-7H,8-9H2,1-3H3,(H2,15,16,17);4-7,10H,3,8-9H2,1-2H3,(H2,15,16,17);3-6,9H,7-8H2,1-2H3,(H2,14,15,16). The summed E-state index contributed by atoms with van der Waals surface area (Å²) < 4.78 is 0. The van der Waals surface area contributed by atoms with E-state index in [4.69, 9.17) is 34.8 Å². The van der Waals surface area contributed by atoms with E-state index in [1.165, 1.54) is 16.7 Å². The highest BCUT2D eigenvalue weighted by Gasteiger charge is 2.13. The summed E-state index contributed by atoms with van der Waals surface area (Å²) in [6.45, 7) is 16.5. The summed E-state index contributed by atoms with van der Waals surface area (Å²) in [6, 6.07) is 22.9. The van der Waals surface area contributed by atoms with Crippen molar-refractivity contribution in [2.24, 2.45) is 0 Å². The molecular weight excluding hydrogens is 695 g/mol. The number of amides is 6. The summed E-state index contributed by atoms with van der Waals surface area (Å²) >= 11 is 16.4. The lowest BCUT2D eigenvalue weighted by molar-refractivity contribution is 0.252. The lowest BCUT2D eigenvalue weighted by atomic mass is 9.87. The minimum atomic E-state index is -0.228. The van der Waals surface area contributed by atoms with Gasteiger partial charge in [-0.15, -0.1) is 34.8 Å². The van der Waals surface area contributed by atoms with Crippen molar-refractivity contribution in [3.8, 4) is 0 Å². The topological polar surface area (TPSA) is 123 Å². The second-order valence-electron chi connectivity index (χ2n) is 12.7. The number of hydrogen-bond donors (Lipinski definition) is 6. The van der Waals surface area contributed by atoms with Gasteiger partial charge < -0.3 is 31.9 Å². The fourth-order valence-corrected chi connectivity index (χ4v) is 4.43. The van der Waals surface area contributed by atoms with E-state index in [2.05, 4.69) is 80.4 Å². The van der Waals surface area contributed by atoms with Crippen LogP contribution in [0.3, 0.4) is 0 Å². The molecule has 1 atom stereocenters. The van der Waals surface area contributed by atoms with Gasteiger partial charge in [0.1, 0.15) is 0 Å². The molecular formula is C38H55Cl3N6O3. The van der Waals surface area contributed by atoms with E-state index in [1.54, 1.807) is 0 Å². The van der Waals surface area contributed by atoms with E-state index in [0.29, 0.717) is 49.1 Å². The molecule has 9 nitrogen and oxygen atoms in total. The van der Waals surface area contributed by atoms with Crippen molar-refractivity contribution in [3.05, 3.63) is 89.5 Å². The molecule has 0 fully saturated rings. The molecule has 0 radical (unpaired) electrons. The van der Waals surface area contributed by atoms with Crippen molar-refractivity contribution in [2.75, 3.05) is 53.2 Å². The van der Waals surface area contributed by atoms with Crippen LogP contribution in [0.5, 0.6) is 0 Å². The molecule has 1 unspecified atom stereocenters. The molecule has 0 aromatic heterocycles. The number of rotatable bonds is 12. The smallest absolute Gasteiger partial charge is 0.319 e. The number of hydrogen-bond acceptors (Lipinski definition) is 3. The monoisotopic (exact) mass is 748 g/mol. The number of nitrogens with one attached hydrogen (secondary N) is 6. The Kier molecular flexibility index (Phi) is 21.7. The van der Waals surface area contributed by atoms with Gasteiger partial charge in [0, 0.05) is 54.3 Å². The molecule has 276 valence electrons. The van der Waals surface area contributed by atoms with E-state index < -0.39 is 0 Å². The molecule has 3 rings (SSSR count). The summed E-state index contributed by atoms with van der Waals surface area (Å²) in [5.41, 5.74) is 6.28. The number of benzene rings is 3. The van der Waals surface area contributed by atoms with Crippen LogP contribution in [0.1, 0.15) is 83.4 Å². The van der Waals surface area contributed by atoms with Crippen LogP contribution in [-0.2, 0) is 5.41 Å². The average Bonchev–Trinajstić information content (AvgIpc) is 3.09. The van der Waals surface area contributed by atoms with E-state index in [0.717, 1.165) is 23.5 Å². The van der Waals surface area contributed by atoms with Crippen LogP contribution in [0.25, 0.3) is 0 Å². The molecule has 6 N–H and O–H groups in total. The third-order valence-electron chi connectivity index (χ3n) is 7.33. The van der Waals surface area contributed by atoms with Crippen molar-refractivity contribution in [1.82, 2.24) is 16.0 Å². The van der Waals surface area contributed by atoms with Gasteiger partial charge in [-0.25, -0.2) is 14.4 Å². The van der Waals surface area contributed by atoms with Gasteiger partial charge in [-0.05, 0) is 76.8 Å². The molecule has 0 spiro atoms. The lowest BCUT2D eigenvalue weighted by Gasteiger charge is -2.19. The summed E-state index contributed by atoms with van der Waals surface area (Å²) in [4.78, 5) is 34.0. The average molecular weight is 750 g/mol. The Hall–Kier alpha value is -3.66. The van der Waals surface area contributed by atoms with Crippen molar-refractivity contribution < 1.29 is 14.4 Å². The Morgan fingerprint density at radius 3 is 1.16 bits per heavy atom. The first-order valence-corrected chi connectivity index (χ1v) is 18.5. The maximum Gasteiger partial charge on any atom is 0.319 e. The van der Waals surface area contributed by atoms with E-state index in [9.17, 15) is 14.4 Å². The van der Waals surface area contributed by atoms with Gasteiger partial charge in [-0.3, -0.25) is 0 Å². The largest absolute Gasteiger partial charge is 0.337 e. The SMILES string of the molecule is CC(C)(C)c1ccc(NC(=O)NCCCl)cc1.CC(C)c1ccc(NC(=O)NCCCl)cc1.CCC(C)c1ccc(NC(=O)NCCCl)cc1. The lowest BCUT2D eigenvalue weighted by Crippen LogP contribution is -2.30. The number of urea groups is 3. The number of alkyl halides is 3. The maximum absolute atomic E-state index is 11.4. The first kappa shape index (κ1) is 44.4. The van der Waals surface area contributed by atoms with Gasteiger partial charge in [-0.2, -0.15) is 0 Å². The highest BCUT2D eigenvalue weighted by molar-refractivity contribution is 6.18. The Morgan fingerprint density at radius 2 is 0.880 bits per heavy atom. The zero-order valence-corrected chi connectivity index (χ0v) is 32.7. The third kappa shape index (κ3) is 18.9. The predicted molar refractivity (Wildman–Crippen MR) is 214 cm³/mol. The highest BCUT2D eigenvalue weighted by Crippen LogP contribution is 2.23. The predicted octanol–water partition coefficient (Wildman–Crippen LogP) is 10.1. The number of carbonyl (C=O) groups is 3. The minimum absolute atomic E-state index is 0.124. The molecule has 12 heteroatoms. The molecule has 6 amide bonds. The molecule has 0 aliphatic carbocycles. The van der Waals surface area contributed by atoms with Gasteiger partial charge >= 0.3 is 18.1 Å². The quantitative estimate of drug-likeness (QED) is 0.103. The van der Waals surface area contributed by atoms with Crippen molar-refractivity contribution in [1.29, 1.82) is 0 Å². The van der Waals surface area contributed by atoms with Crippen molar-refractivity contribution in [3.63, 3.8) is 0 Å². The third-order valence-corrected chi connectivity index (χ3v) is 7.90. The molecule has 0 aliphatic heterocycles. The highest BCUT2D eigenvalue weighted by atomic mass is 35.5. The first-order valence-electron chi connectivity index (χ1n) is 16.9. The van der Waals surface area contributed by atoms with Gasteiger partial charge in [0.15, 0.2) is 0 Å². The zero-order valence-electron chi connectivity index (χ0n) is 30.4. The van der Waals surface area contributed by atoms with Gasteiger partial charge in [0.2, 0.25) is 0 Å². The normalized spacial score (nSPS) is 11.1. The van der Waals surface area contributed by atoms with Crippen molar-refractivity contribution in [2.45, 2.75) is 72.1 Å². The molecule has 0 aliphatic rings. The van der Waals surface area contributed by atoms with Crippen LogP contribution in [0.15, 0.2) is 72.8 Å². The molecule has 50 heavy (non-hydrogen) atoms. The van der Waals surface area contributed by atoms with Gasteiger partial charge in [0.05, 0.1) is 0 Å². The van der Waals surface area contributed by atoms with Crippen LogP contribution in [0.4, 0.5) is 31.4 Å². The van der Waals surface area contributed by atoms with E-state index in [-0.39, 0.29) is 23.5 Å². The molecule has 3 aromatic carbocycles. The second kappa shape index (κ2) is 24.5.